The average Bonchev–Trinajstić information content (AvgIpc) is 2.98. The Hall–Kier alpha value is -1.39. The summed E-state index contributed by atoms with van der Waals surface area (Å²) >= 11 is 0. The minimum Gasteiger partial charge on any atom is -0.387 e. The first-order chi connectivity index (χ1) is 12.1. The van der Waals surface area contributed by atoms with Crippen LogP contribution in [0.5, 0.6) is 0 Å². The van der Waals surface area contributed by atoms with Crippen molar-refractivity contribution in [2.45, 2.75) is 58.1 Å². The summed E-state index contributed by atoms with van der Waals surface area (Å²) in [6.45, 7) is 7.80. The van der Waals surface area contributed by atoms with Gasteiger partial charge in [-0.3, -0.25) is 9.69 Å². The fourth-order valence-electron chi connectivity index (χ4n) is 4.52. The number of aliphatic hydroxyl groups excluding tert-OH is 1. The summed E-state index contributed by atoms with van der Waals surface area (Å²) < 4.78 is 0. The number of hydrogen-bond donors (Lipinski definition) is 1. The second-order valence-electron chi connectivity index (χ2n) is 7.50. The molecule has 0 spiro atoms. The average molecular weight is 344 g/mol. The Bertz CT molecular complexity index is 577. The van der Waals surface area contributed by atoms with E-state index in [0.717, 1.165) is 57.4 Å². The SMILES string of the molecule is CCN(CC)C(=O)CCC1CCN(C2Cc3ccccc3C2O)CC1. The Morgan fingerprint density at radius 1 is 1.20 bits per heavy atom. The largest absolute Gasteiger partial charge is 0.387 e. The minimum absolute atomic E-state index is 0.232. The summed E-state index contributed by atoms with van der Waals surface area (Å²) in [4.78, 5) is 16.6. The van der Waals surface area contributed by atoms with Crippen LogP contribution in [-0.2, 0) is 11.2 Å². The Balaban J connectivity index is 1.46. The Kier molecular flexibility index (Phi) is 6.13. The van der Waals surface area contributed by atoms with Crippen LogP contribution in [0.4, 0.5) is 0 Å². The molecule has 1 N–H and O–H groups in total. The molecular weight excluding hydrogens is 312 g/mol. The quantitative estimate of drug-likeness (QED) is 0.863. The fourth-order valence-corrected chi connectivity index (χ4v) is 4.52. The molecule has 2 atom stereocenters. The number of likely N-dealkylation sites (tertiary alicyclic amines) is 1. The number of piperidine rings is 1. The summed E-state index contributed by atoms with van der Waals surface area (Å²) in [5.74, 6) is 0.950. The molecular formula is C21H32N2O2. The van der Waals surface area contributed by atoms with Gasteiger partial charge in [-0.2, -0.15) is 0 Å². The molecule has 1 heterocycles. The molecule has 1 saturated heterocycles. The Morgan fingerprint density at radius 3 is 2.52 bits per heavy atom. The first kappa shape index (κ1) is 18.4. The van der Waals surface area contributed by atoms with E-state index in [1.807, 2.05) is 24.8 Å². The molecule has 0 bridgehead atoms. The predicted octanol–water partition coefficient (Wildman–Crippen LogP) is 3.01. The van der Waals surface area contributed by atoms with Crippen LogP contribution in [0.15, 0.2) is 24.3 Å². The highest BCUT2D eigenvalue weighted by Gasteiger charge is 2.36. The zero-order chi connectivity index (χ0) is 17.8. The van der Waals surface area contributed by atoms with Gasteiger partial charge < -0.3 is 10.0 Å². The van der Waals surface area contributed by atoms with Crippen LogP contribution in [0.25, 0.3) is 0 Å². The maximum Gasteiger partial charge on any atom is 0.222 e. The van der Waals surface area contributed by atoms with E-state index in [9.17, 15) is 9.90 Å². The van der Waals surface area contributed by atoms with Gasteiger partial charge in [0, 0.05) is 25.6 Å². The van der Waals surface area contributed by atoms with Crippen LogP contribution in [0.2, 0.25) is 0 Å². The monoisotopic (exact) mass is 344 g/mol. The van der Waals surface area contributed by atoms with Gasteiger partial charge in [-0.05, 0) is 69.7 Å². The van der Waals surface area contributed by atoms with E-state index in [1.165, 1.54) is 5.56 Å². The first-order valence-electron chi connectivity index (χ1n) is 9.91. The van der Waals surface area contributed by atoms with Gasteiger partial charge in [0.15, 0.2) is 0 Å². The summed E-state index contributed by atoms with van der Waals surface area (Å²) in [5, 5.41) is 10.7. The molecule has 4 heteroatoms. The highest BCUT2D eigenvalue weighted by Crippen LogP contribution is 2.36. The van der Waals surface area contributed by atoms with Gasteiger partial charge in [0.05, 0.1) is 6.10 Å². The van der Waals surface area contributed by atoms with E-state index in [4.69, 9.17) is 0 Å². The summed E-state index contributed by atoms with van der Waals surface area (Å²) in [6, 6.07) is 8.52. The lowest BCUT2D eigenvalue weighted by Gasteiger charge is -2.37. The second-order valence-corrected chi connectivity index (χ2v) is 7.50. The van der Waals surface area contributed by atoms with Crippen LogP contribution in [-0.4, -0.2) is 53.0 Å². The molecule has 3 rings (SSSR count). The third-order valence-electron chi connectivity index (χ3n) is 6.17. The van der Waals surface area contributed by atoms with E-state index in [2.05, 4.69) is 23.1 Å². The lowest BCUT2D eigenvalue weighted by atomic mass is 9.90. The van der Waals surface area contributed by atoms with Crippen LogP contribution >= 0.6 is 0 Å². The van der Waals surface area contributed by atoms with Crippen molar-refractivity contribution in [3.8, 4) is 0 Å². The smallest absolute Gasteiger partial charge is 0.222 e. The van der Waals surface area contributed by atoms with Gasteiger partial charge >= 0.3 is 0 Å². The van der Waals surface area contributed by atoms with Crippen LogP contribution in [0.1, 0.15) is 56.8 Å². The Labute approximate surface area is 151 Å². The summed E-state index contributed by atoms with van der Waals surface area (Å²) in [7, 11) is 0. The van der Waals surface area contributed by atoms with Crippen molar-refractivity contribution in [2.24, 2.45) is 5.92 Å². The zero-order valence-electron chi connectivity index (χ0n) is 15.7. The van der Waals surface area contributed by atoms with Crippen molar-refractivity contribution in [3.05, 3.63) is 35.4 Å². The maximum atomic E-state index is 12.2. The fraction of sp³-hybridized carbons (Fsp3) is 0.667. The van der Waals surface area contributed by atoms with Crippen LogP contribution in [0.3, 0.4) is 0 Å². The molecule has 25 heavy (non-hydrogen) atoms. The minimum atomic E-state index is -0.350. The van der Waals surface area contributed by atoms with Gasteiger partial charge in [0.2, 0.25) is 5.91 Å². The molecule has 1 aliphatic heterocycles. The number of rotatable bonds is 6. The first-order valence-corrected chi connectivity index (χ1v) is 9.91. The van der Waals surface area contributed by atoms with E-state index >= 15 is 0 Å². The molecule has 2 aliphatic rings. The lowest BCUT2D eigenvalue weighted by molar-refractivity contribution is -0.131. The number of carbonyl (C=O) groups is 1. The highest BCUT2D eigenvalue weighted by molar-refractivity contribution is 5.76. The molecule has 1 aromatic rings. The van der Waals surface area contributed by atoms with Gasteiger partial charge in [-0.15, -0.1) is 0 Å². The summed E-state index contributed by atoms with van der Waals surface area (Å²) in [5.41, 5.74) is 2.41. The lowest BCUT2D eigenvalue weighted by Crippen LogP contribution is -2.43. The zero-order valence-corrected chi connectivity index (χ0v) is 15.7. The third-order valence-corrected chi connectivity index (χ3v) is 6.17. The van der Waals surface area contributed by atoms with Crippen molar-refractivity contribution in [3.63, 3.8) is 0 Å². The summed E-state index contributed by atoms with van der Waals surface area (Å²) in [6.07, 6.45) is 4.59. The maximum absolute atomic E-state index is 12.2. The molecule has 0 radical (unpaired) electrons. The number of benzene rings is 1. The van der Waals surface area contributed by atoms with E-state index in [0.29, 0.717) is 18.2 Å². The van der Waals surface area contributed by atoms with Crippen molar-refractivity contribution >= 4 is 5.91 Å². The number of hydrogen-bond acceptors (Lipinski definition) is 3. The number of nitrogens with zero attached hydrogens (tertiary/aromatic N) is 2. The van der Waals surface area contributed by atoms with Gasteiger partial charge in [-0.25, -0.2) is 0 Å². The van der Waals surface area contributed by atoms with Crippen molar-refractivity contribution in [2.75, 3.05) is 26.2 Å². The molecule has 1 aromatic carbocycles. The molecule has 0 aromatic heterocycles. The topological polar surface area (TPSA) is 43.8 Å². The van der Waals surface area contributed by atoms with Crippen LogP contribution < -0.4 is 0 Å². The van der Waals surface area contributed by atoms with Crippen molar-refractivity contribution in [1.82, 2.24) is 9.80 Å². The van der Waals surface area contributed by atoms with E-state index < -0.39 is 0 Å². The van der Waals surface area contributed by atoms with E-state index in [-0.39, 0.29) is 12.1 Å². The second kappa shape index (κ2) is 8.33. The predicted molar refractivity (Wildman–Crippen MR) is 100 cm³/mol. The van der Waals surface area contributed by atoms with Gasteiger partial charge in [-0.1, -0.05) is 24.3 Å². The third kappa shape index (κ3) is 4.06. The molecule has 4 nitrogen and oxygen atoms in total. The number of fused-ring (bicyclic) bond motifs is 1. The molecule has 138 valence electrons. The van der Waals surface area contributed by atoms with Crippen LogP contribution in [0, 0.1) is 5.92 Å². The standard InChI is InChI=1S/C21H32N2O2/c1-3-22(4-2)20(24)10-9-16-11-13-23(14-12-16)19-15-17-7-5-6-8-18(17)21(19)25/h5-8,16,19,21,25H,3-4,9-15H2,1-2H3. The van der Waals surface area contributed by atoms with E-state index in [1.54, 1.807) is 0 Å². The molecule has 1 aliphatic carbocycles. The molecule has 1 amide bonds. The number of amides is 1. The molecule has 1 fully saturated rings. The number of carbonyl (C=O) groups excluding carboxylic acids is 1. The highest BCUT2D eigenvalue weighted by atomic mass is 16.3. The molecule has 2 unspecified atom stereocenters. The van der Waals surface area contributed by atoms with Crippen molar-refractivity contribution < 1.29 is 9.90 Å². The van der Waals surface area contributed by atoms with Gasteiger partial charge in [0.1, 0.15) is 0 Å². The molecule has 0 saturated carbocycles. The number of aliphatic hydroxyl groups is 1. The Morgan fingerprint density at radius 2 is 1.88 bits per heavy atom. The normalized spacial score (nSPS) is 24.3. The van der Waals surface area contributed by atoms with Crippen molar-refractivity contribution in [1.29, 1.82) is 0 Å². The van der Waals surface area contributed by atoms with Gasteiger partial charge in [0.25, 0.3) is 0 Å².